The lowest BCUT2D eigenvalue weighted by molar-refractivity contribution is -0.136. The Morgan fingerprint density at radius 2 is 1.79 bits per heavy atom. The van der Waals surface area contributed by atoms with Crippen LogP contribution in [0.1, 0.15) is 39.3 Å². The molecular formula is C21H27FN4O3. The van der Waals surface area contributed by atoms with Crippen molar-refractivity contribution in [1.82, 2.24) is 14.7 Å². The maximum atomic E-state index is 13.3. The summed E-state index contributed by atoms with van der Waals surface area (Å²) in [6.45, 7) is 8.26. The molecule has 1 aromatic carbocycles. The SMILES string of the molecule is CC(C)(C)c1cc(NC(=O)CCC(=O)N2CCOCC2)n(-c2ccc(F)cc2)n1. The van der Waals surface area contributed by atoms with Crippen LogP contribution >= 0.6 is 0 Å². The van der Waals surface area contributed by atoms with E-state index in [1.165, 1.54) is 12.1 Å². The van der Waals surface area contributed by atoms with Crippen molar-refractivity contribution in [1.29, 1.82) is 0 Å². The van der Waals surface area contributed by atoms with E-state index in [-0.39, 0.29) is 35.9 Å². The molecule has 0 radical (unpaired) electrons. The van der Waals surface area contributed by atoms with Crippen molar-refractivity contribution in [3.8, 4) is 5.69 Å². The molecular weight excluding hydrogens is 375 g/mol. The number of hydrogen-bond acceptors (Lipinski definition) is 4. The maximum absolute atomic E-state index is 13.3. The summed E-state index contributed by atoms with van der Waals surface area (Å²) in [5, 5.41) is 7.44. The van der Waals surface area contributed by atoms with Crippen molar-refractivity contribution >= 4 is 17.6 Å². The highest BCUT2D eigenvalue weighted by atomic mass is 19.1. The van der Waals surface area contributed by atoms with Crippen LogP contribution in [-0.4, -0.2) is 52.8 Å². The minimum absolute atomic E-state index is 0.0501. The number of benzene rings is 1. The van der Waals surface area contributed by atoms with Gasteiger partial charge in [-0.15, -0.1) is 0 Å². The van der Waals surface area contributed by atoms with Crippen molar-refractivity contribution in [2.75, 3.05) is 31.6 Å². The fraction of sp³-hybridized carbons (Fsp3) is 0.476. The normalized spacial score (nSPS) is 14.7. The van der Waals surface area contributed by atoms with Gasteiger partial charge >= 0.3 is 0 Å². The highest BCUT2D eigenvalue weighted by Crippen LogP contribution is 2.26. The number of morpholine rings is 1. The third kappa shape index (κ3) is 5.41. The van der Waals surface area contributed by atoms with Gasteiger partial charge in [-0.1, -0.05) is 20.8 Å². The fourth-order valence-electron chi connectivity index (χ4n) is 3.01. The molecule has 1 aromatic heterocycles. The van der Waals surface area contributed by atoms with Crippen LogP contribution < -0.4 is 5.32 Å². The fourth-order valence-corrected chi connectivity index (χ4v) is 3.01. The highest BCUT2D eigenvalue weighted by Gasteiger charge is 2.22. The van der Waals surface area contributed by atoms with E-state index in [0.717, 1.165) is 5.69 Å². The molecule has 1 aliphatic heterocycles. The average molecular weight is 402 g/mol. The van der Waals surface area contributed by atoms with Crippen LogP contribution in [0.4, 0.5) is 10.2 Å². The molecule has 1 aliphatic rings. The summed E-state index contributed by atoms with van der Waals surface area (Å²) >= 11 is 0. The minimum Gasteiger partial charge on any atom is -0.378 e. The molecule has 1 fully saturated rings. The van der Waals surface area contributed by atoms with Crippen LogP contribution in [0.25, 0.3) is 5.69 Å². The number of rotatable bonds is 5. The van der Waals surface area contributed by atoms with Gasteiger partial charge in [0.25, 0.3) is 0 Å². The van der Waals surface area contributed by atoms with E-state index >= 15 is 0 Å². The number of aromatic nitrogens is 2. The van der Waals surface area contributed by atoms with Crippen LogP contribution in [0.3, 0.4) is 0 Å². The highest BCUT2D eigenvalue weighted by molar-refractivity contribution is 5.92. The Kier molecular flexibility index (Phi) is 6.32. The summed E-state index contributed by atoms with van der Waals surface area (Å²) in [6.07, 6.45) is 0.221. The van der Waals surface area contributed by atoms with E-state index in [4.69, 9.17) is 4.74 Å². The Bertz CT molecular complexity index is 865. The standard InChI is InChI=1S/C21H27FN4O3/c1-21(2,3)17-14-18(26(24-17)16-6-4-15(22)5-7-16)23-19(27)8-9-20(28)25-10-12-29-13-11-25/h4-7,14H,8-13H2,1-3H3,(H,23,27). The van der Waals surface area contributed by atoms with Crippen LogP contribution in [0, 0.1) is 5.82 Å². The molecule has 1 N–H and O–H groups in total. The topological polar surface area (TPSA) is 76.5 Å². The van der Waals surface area contributed by atoms with Gasteiger partial charge in [0.15, 0.2) is 0 Å². The molecule has 0 saturated carbocycles. The Balaban J connectivity index is 1.71. The first-order valence-corrected chi connectivity index (χ1v) is 9.76. The quantitative estimate of drug-likeness (QED) is 0.834. The van der Waals surface area contributed by atoms with Crippen molar-refractivity contribution in [2.24, 2.45) is 0 Å². The van der Waals surface area contributed by atoms with Gasteiger partial charge < -0.3 is 15.0 Å². The Morgan fingerprint density at radius 1 is 1.14 bits per heavy atom. The molecule has 3 rings (SSSR count). The van der Waals surface area contributed by atoms with E-state index in [1.54, 1.807) is 21.7 Å². The minimum atomic E-state index is -0.343. The number of carbonyl (C=O) groups is 2. The van der Waals surface area contributed by atoms with Gasteiger partial charge in [0.1, 0.15) is 11.6 Å². The second kappa shape index (κ2) is 8.73. The number of ether oxygens (including phenoxy) is 1. The molecule has 0 unspecified atom stereocenters. The van der Waals surface area contributed by atoms with Crippen LogP contribution in [0.15, 0.2) is 30.3 Å². The third-order valence-corrected chi connectivity index (χ3v) is 4.75. The van der Waals surface area contributed by atoms with Gasteiger partial charge in [0, 0.05) is 37.4 Å². The lowest BCUT2D eigenvalue weighted by atomic mass is 9.92. The Labute approximate surface area is 169 Å². The molecule has 29 heavy (non-hydrogen) atoms. The van der Waals surface area contributed by atoms with Gasteiger partial charge in [-0.2, -0.15) is 5.10 Å². The summed E-state index contributed by atoms with van der Waals surface area (Å²) < 4.78 is 20.1. The second-order valence-electron chi connectivity index (χ2n) is 8.09. The molecule has 2 heterocycles. The maximum Gasteiger partial charge on any atom is 0.226 e. The summed E-state index contributed by atoms with van der Waals surface area (Å²) in [7, 11) is 0. The van der Waals surface area contributed by atoms with Gasteiger partial charge in [-0.25, -0.2) is 9.07 Å². The Morgan fingerprint density at radius 3 is 2.41 bits per heavy atom. The lowest BCUT2D eigenvalue weighted by Gasteiger charge is -2.26. The van der Waals surface area contributed by atoms with Crippen molar-refractivity contribution in [3.05, 3.63) is 41.8 Å². The first-order valence-electron chi connectivity index (χ1n) is 9.76. The monoisotopic (exact) mass is 402 g/mol. The van der Waals surface area contributed by atoms with Gasteiger partial charge in [-0.3, -0.25) is 9.59 Å². The first-order chi connectivity index (χ1) is 13.7. The van der Waals surface area contributed by atoms with E-state index in [1.807, 2.05) is 26.8 Å². The average Bonchev–Trinajstić information content (AvgIpc) is 3.11. The van der Waals surface area contributed by atoms with E-state index < -0.39 is 0 Å². The molecule has 0 spiro atoms. The van der Waals surface area contributed by atoms with Crippen LogP contribution in [-0.2, 0) is 19.7 Å². The number of amides is 2. The predicted octanol–water partition coefficient (Wildman–Crippen LogP) is 2.89. The van der Waals surface area contributed by atoms with E-state index in [0.29, 0.717) is 37.8 Å². The largest absolute Gasteiger partial charge is 0.378 e. The smallest absolute Gasteiger partial charge is 0.226 e. The zero-order valence-electron chi connectivity index (χ0n) is 17.1. The summed E-state index contributed by atoms with van der Waals surface area (Å²) in [5.74, 6) is -0.171. The number of nitrogens with one attached hydrogen (secondary N) is 1. The zero-order chi connectivity index (χ0) is 21.0. The number of carbonyl (C=O) groups excluding carboxylic acids is 2. The van der Waals surface area contributed by atoms with E-state index in [9.17, 15) is 14.0 Å². The van der Waals surface area contributed by atoms with Crippen molar-refractivity contribution < 1.29 is 18.7 Å². The van der Waals surface area contributed by atoms with Crippen molar-refractivity contribution in [3.63, 3.8) is 0 Å². The molecule has 2 amide bonds. The third-order valence-electron chi connectivity index (χ3n) is 4.75. The first kappa shape index (κ1) is 21.0. The lowest BCUT2D eigenvalue weighted by Crippen LogP contribution is -2.40. The molecule has 1 saturated heterocycles. The Hall–Kier alpha value is -2.74. The summed E-state index contributed by atoms with van der Waals surface area (Å²) in [6, 6.07) is 7.71. The molecule has 0 bridgehead atoms. The predicted molar refractivity (Wildman–Crippen MR) is 107 cm³/mol. The van der Waals surface area contributed by atoms with Gasteiger partial charge in [-0.05, 0) is 24.3 Å². The molecule has 8 heteroatoms. The zero-order valence-corrected chi connectivity index (χ0v) is 17.1. The van der Waals surface area contributed by atoms with Gasteiger partial charge in [0.2, 0.25) is 11.8 Å². The van der Waals surface area contributed by atoms with Gasteiger partial charge in [0.05, 0.1) is 24.6 Å². The summed E-state index contributed by atoms with van der Waals surface area (Å²) in [4.78, 5) is 26.5. The van der Waals surface area contributed by atoms with Crippen molar-refractivity contribution in [2.45, 2.75) is 39.0 Å². The number of nitrogens with zero attached hydrogens (tertiary/aromatic N) is 3. The summed E-state index contributed by atoms with van der Waals surface area (Å²) in [5.41, 5.74) is 1.21. The van der Waals surface area contributed by atoms with Crippen LogP contribution in [0.5, 0.6) is 0 Å². The number of hydrogen-bond donors (Lipinski definition) is 1. The second-order valence-corrected chi connectivity index (χ2v) is 8.09. The molecule has 0 aliphatic carbocycles. The molecule has 7 nitrogen and oxygen atoms in total. The molecule has 156 valence electrons. The molecule has 0 atom stereocenters. The number of halogens is 1. The van der Waals surface area contributed by atoms with Crippen LogP contribution in [0.2, 0.25) is 0 Å². The molecule has 2 aromatic rings. The number of anilines is 1. The van der Waals surface area contributed by atoms with E-state index in [2.05, 4.69) is 10.4 Å².